The van der Waals surface area contributed by atoms with Gasteiger partial charge in [0.15, 0.2) is 5.78 Å². The summed E-state index contributed by atoms with van der Waals surface area (Å²) in [5, 5.41) is 0. The van der Waals surface area contributed by atoms with E-state index in [0.717, 1.165) is 11.1 Å². The van der Waals surface area contributed by atoms with Gasteiger partial charge in [-0.3, -0.25) is 9.59 Å². The molecular formula is C23H22N2O4. The number of esters is 1. The summed E-state index contributed by atoms with van der Waals surface area (Å²) in [6.07, 6.45) is 0.162. The lowest BCUT2D eigenvalue weighted by molar-refractivity contribution is 0.0600. The largest absolute Gasteiger partial charge is 0.465 e. The number of H-pyrrole nitrogens is 1. The monoisotopic (exact) mass is 390 g/mol. The number of aromatic amines is 1. The van der Waals surface area contributed by atoms with Crippen LogP contribution in [0.5, 0.6) is 0 Å². The molecule has 3 rings (SSSR count). The highest BCUT2D eigenvalue weighted by Gasteiger charge is 2.26. The van der Waals surface area contributed by atoms with Crippen molar-refractivity contribution in [3.05, 3.63) is 87.8 Å². The molecule has 148 valence electrons. The Kier molecular flexibility index (Phi) is 5.73. The number of ether oxygens (including phenoxy) is 1. The van der Waals surface area contributed by atoms with E-state index in [9.17, 15) is 14.4 Å². The highest BCUT2D eigenvalue weighted by molar-refractivity contribution is 5.95. The van der Waals surface area contributed by atoms with Gasteiger partial charge in [-0.2, -0.15) is 0 Å². The molecule has 29 heavy (non-hydrogen) atoms. The highest BCUT2D eigenvalue weighted by atomic mass is 16.5. The minimum atomic E-state index is -0.511. The smallest absolute Gasteiger partial charge is 0.337 e. The summed E-state index contributed by atoms with van der Waals surface area (Å²) in [6.45, 7) is 3.87. The second kappa shape index (κ2) is 8.22. The summed E-state index contributed by atoms with van der Waals surface area (Å²) in [5.41, 5.74) is 1.32. The van der Waals surface area contributed by atoms with Gasteiger partial charge in [0.05, 0.1) is 12.7 Å². The highest BCUT2D eigenvalue weighted by Crippen LogP contribution is 2.29. The van der Waals surface area contributed by atoms with E-state index >= 15 is 0 Å². The average Bonchev–Trinajstić information content (AvgIpc) is 2.73. The Labute approximate surface area is 168 Å². The van der Waals surface area contributed by atoms with Crippen LogP contribution in [0, 0.1) is 0 Å². The summed E-state index contributed by atoms with van der Waals surface area (Å²) in [6, 6.07) is 17.4. The van der Waals surface area contributed by atoms with Crippen LogP contribution < -0.4 is 5.56 Å². The molecule has 0 saturated carbocycles. The molecule has 2 aromatic carbocycles. The molecule has 1 N–H and O–H groups in total. The summed E-state index contributed by atoms with van der Waals surface area (Å²) < 4.78 is 4.71. The van der Waals surface area contributed by atoms with E-state index in [1.54, 1.807) is 24.3 Å². The minimum Gasteiger partial charge on any atom is -0.465 e. The van der Waals surface area contributed by atoms with Crippen molar-refractivity contribution < 1.29 is 14.3 Å². The first-order valence-corrected chi connectivity index (χ1v) is 9.19. The molecule has 0 fully saturated rings. The van der Waals surface area contributed by atoms with E-state index < -0.39 is 11.4 Å². The fourth-order valence-corrected chi connectivity index (χ4v) is 3.10. The predicted molar refractivity (Wildman–Crippen MR) is 110 cm³/mol. The van der Waals surface area contributed by atoms with E-state index in [0.29, 0.717) is 11.4 Å². The molecule has 3 aromatic rings. The maximum absolute atomic E-state index is 12.9. The number of rotatable bonds is 6. The Balaban J connectivity index is 1.84. The number of carbonyl (C=O) groups is 2. The van der Waals surface area contributed by atoms with Crippen LogP contribution in [0.3, 0.4) is 0 Å². The third-order valence-corrected chi connectivity index (χ3v) is 4.76. The number of ketones is 1. The standard InChI is InChI=1S/C23H22N2O4/c1-23(2,17-11-9-16(10-12-17)22(28)29-3)14-19(26)18-13-20(27)25-21(24-18)15-7-5-4-6-8-15/h4-13H,14H2,1-3H3,(H,24,25,27). The van der Waals surface area contributed by atoms with Crippen LogP contribution in [0.4, 0.5) is 0 Å². The molecular weight excluding hydrogens is 368 g/mol. The number of hydrogen-bond acceptors (Lipinski definition) is 5. The number of carbonyl (C=O) groups excluding carboxylic acids is 2. The summed E-state index contributed by atoms with van der Waals surface area (Å²) in [4.78, 5) is 43.6. The molecule has 1 heterocycles. The number of Topliss-reactive ketones (excluding diaryl/α,β-unsaturated/α-hetero) is 1. The molecule has 0 atom stereocenters. The van der Waals surface area contributed by atoms with Gasteiger partial charge < -0.3 is 9.72 Å². The third kappa shape index (κ3) is 4.66. The Bertz CT molecular complexity index is 1080. The molecule has 6 heteroatoms. The summed E-state index contributed by atoms with van der Waals surface area (Å²) >= 11 is 0. The van der Waals surface area contributed by atoms with E-state index in [1.807, 2.05) is 44.2 Å². The fourth-order valence-electron chi connectivity index (χ4n) is 3.10. The Morgan fingerprint density at radius 1 is 1.03 bits per heavy atom. The van der Waals surface area contributed by atoms with Gasteiger partial charge in [-0.05, 0) is 23.1 Å². The van der Waals surface area contributed by atoms with Crippen LogP contribution in [0.1, 0.15) is 46.7 Å². The fraction of sp³-hybridized carbons (Fsp3) is 0.217. The van der Waals surface area contributed by atoms with Crippen LogP contribution in [0.25, 0.3) is 11.4 Å². The van der Waals surface area contributed by atoms with Crippen molar-refractivity contribution in [3.63, 3.8) is 0 Å². The van der Waals surface area contributed by atoms with Gasteiger partial charge in [0.1, 0.15) is 11.5 Å². The van der Waals surface area contributed by atoms with E-state index in [-0.39, 0.29) is 23.5 Å². The van der Waals surface area contributed by atoms with E-state index in [2.05, 4.69) is 9.97 Å². The lowest BCUT2D eigenvalue weighted by Gasteiger charge is -2.24. The second-order valence-electron chi connectivity index (χ2n) is 7.40. The maximum atomic E-state index is 12.9. The first kappa shape index (κ1) is 20.2. The molecule has 6 nitrogen and oxygen atoms in total. The van der Waals surface area contributed by atoms with Gasteiger partial charge >= 0.3 is 5.97 Å². The van der Waals surface area contributed by atoms with Gasteiger partial charge in [0, 0.05) is 18.1 Å². The van der Waals surface area contributed by atoms with E-state index in [4.69, 9.17) is 4.74 Å². The second-order valence-corrected chi connectivity index (χ2v) is 7.40. The van der Waals surface area contributed by atoms with Crippen molar-refractivity contribution in [2.45, 2.75) is 25.7 Å². The number of methoxy groups -OCH3 is 1. The minimum absolute atomic E-state index is 0.131. The summed E-state index contributed by atoms with van der Waals surface area (Å²) in [7, 11) is 1.33. The van der Waals surface area contributed by atoms with Crippen molar-refractivity contribution in [2.24, 2.45) is 0 Å². The summed E-state index contributed by atoms with van der Waals surface area (Å²) in [5.74, 6) is -0.274. The lowest BCUT2D eigenvalue weighted by Crippen LogP contribution is -2.24. The average molecular weight is 390 g/mol. The molecule has 0 bridgehead atoms. The van der Waals surface area contributed by atoms with Crippen molar-refractivity contribution in [1.29, 1.82) is 0 Å². The Morgan fingerprint density at radius 2 is 1.69 bits per heavy atom. The molecule has 1 aromatic heterocycles. The first-order valence-electron chi connectivity index (χ1n) is 9.19. The lowest BCUT2D eigenvalue weighted by atomic mass is 9.79. The van der Waals surface area contributed by atoms with Gasteiger partial charge in [-0.1, -0.05) is 56.3 Å². The SMILES string of the molecule is COC(=O)c1ccc(C(C)(C)CC(=O)c2cc(=O)[nH]c(-c3ccccc3)n2)cc1. The zero-order valence-corrected chi connectivity index (χ0v) is 16.6. The third-order valence-electron chi connectivity index (χ3n) is 4.76. The maximum Gasteiger partial charge on any atom is 0.337 e. The molecule has 0 aliphatic rings. The van der Waals surface area contributed by atoms with Crippen LogP contribution in [-0.4, -0.2) is 28.8 Å². The van der Waals surface area contributed by atoms with Gasteiger partial charge in [0.25, 0.3) is 5.56 Å². The normalized spacial score (nSPS) is 11.1. The topological polar surface area (TPSA) is 89.1 Å². The van der Waals surface area contributed by atoms with Crippen LogP contribution in [-0.2, 0) is 10.2 Å². The molecule has 0 aliphatic carbocycles. The molecule has 0 saturated heterocycles. The van der Waals surface area contributed by atoms with E-state index in [1.165, 1.54) is 13.2 Å². The van der Waals surface area contributed by atoms with Gasteiger partial charge in [-0.25, -0.2) is 9.78 Å². The van der Waals surface area contributed by atoms with Gasteiger partial charge in [0.2, 0.25) is 0 Å². The van der Waals surface area contributed by atoms with Crippen LogP contribution >= 0.6 is 0 Å². The van der Waals surface area contributed by atoms with Crippen molar-refractivity contribution in [2.75, 3.05) is 7.11 Å². The van der Waals surface area contributed by atoms with Crippen molar-refractivity contribution >= 4 is 11.8 Å². The Morgan fingerprint density at radius 3 is 2.31 bits per heavy atom. The van der Waals surface area contributed by atoms with Crippen molar-refractivity contribution in [3.8, 4) is 11.4 Å². The number of aromatic nitrogens is 2. The molecule has 0 unspecified atom stereocenters. The zero-order chi connectivity index (χ0) is 21.0. The van der Waals surface area contributed by atoms with Crippen LogP contribution in [0.2, 0.25) is 0 Å². The Hall–Kier alpha value is -3.54. The van der Waals surface area contributed by atoms with Gasteiger partial charge in [-0.15, -0.1) is 0 Å². The number of nitrogens with one attached hydrogen (secondary N) is 1. The zero-order valence-electron chi connectivity index (χ0n) is 16.6. The molecule has 0 amide bonds. The number of nitrogens with zero attached hydrogens (tertiary/aromatic N) is 1. The predicted octanol–water partition coefficient (Wildman–Crippen LogP) is 3.77. The number of hydrogen-bond donors (Lipinski definition) is 1. The first-order chi connectivity index (χ1) is 13.8. The van der Waals surface area contributed by atoms with Crippen LogP contribution in [0.15, 0.2) is 65.5 Å². The molecule has 0 spiro atoms. The number of benzene rings is 2. The molecule has 0 radical (unpaired) electrons. The van der Waals surface area contributed by atoms with Crippen molar-refractivity contribution in [1.82, 2.24) is 9.97 Å². The quantitative estimate of drug-likeness (QED) is 0.511. The molecule has 0 aliphatic heterocycles.